The van der Waals surface area contributed by atoms with Crippen molar-refractivity contribution in [1.82, 2.24) is 15.1 Å². The van der Waals surface area contributed by atoms with E-state index in [-0.39, 0.29) is 25.7 Å². The minimum Gasteiger partial charge on any atom is -0.396 e. The van der Waals surface area contributed by atoms with Crippen molar-refractivity contribution in [2.24, 2.45) is 5.41 Å². The lowest BCUT2D eigenvalue weighted by Gasteiger charge is -2.30. The van der Waals surface area contributed by atoms with Gasteiger partial charge in [-0.05, 0) is 37.1 Å². The van der Waals surface area contributed by atoms with E-state index in [0.29, 0.717) is 11.4 Å². The molecule has 0 spiro atoms. The first-order valence-corrected chi connectivity index (χ1v) is 7.90. The predicted octanol–water partition coefficient (Wildman–Crippen LogP) is 1.76. The Bertz CT molecular complexity index is 720. The number of carbonyl (C=O) groups is 1. The van der Waals surface area contributed by atoms with E-state index in [2.05, 4.69) is 10.2 Å². The highest BCUT2D eigenvalue weighted by atomic mass is 16.3. The van der Waals surface area contributed by atoms with Crippen LogP contribution in [-0.4, -0.2) is 58.0 Å². The molecule has 0 atom stereocenters. The second-order valence-electron chi connectivity index (χ2n) is 6.75. The molecule has 6 heteroatoms. The molecule has 0 aliphatic rings. The molecule has 1 aromatic heterocycles. The Morgan fingerprint density at radius 2 is 1.88 bits per heavy atom. The number of rotatable bonds is 6. The van der Waals surface area contributed by atoms with E-state index in [1.54, 1.807) is 20.0 Å². The molecule has 130 valence electrons. The van der Waals surface area contributed by atoms with Gasteiger partial charge in [0.2, 0.25) is 0 Å². The van der Waals surface area contributed by atoms with Crippen molar-refractivity contribution in [1.29, 1.82) is 0 Å². The highest BCUT2D eigenvalue weighted by Crippen LogP contribution is 2.22. The summed E-state index contributed by atoms with van der Waals surface area (Å²) in [6.45, 7) is 5.67. The highest BCUT2D eigenvalue weighted by molar-refractivity contribution is 5.93. The summed E-state index contributed by atoms with van der Waals surface area (Å²) in [6.07, 6.45) is 0. The van der Waals surface area contributed by atoms with Crippen LogP contribution in [0.3, 0.4) is 0 Å². The van der Waals surface area contributed by atoms with Crippen molar-refractivity contribution in [3.8, 4) is 11.3 Å². The fourth-order valence-electron chi connectivity index (χ4n) is 2.48. The fourth-order valence-corrected chi connectivity index (χ4v) is 2.48. The molecule has 0 aliphatic heterocycles. The molecule has 6 nitrogen and oxygen atoms in total. The predicted molar refractivity (Wildman–Crippen MR) is 92.7 cm³/mol. The Kier molecular flexibility index (Phi) is 5.41. The number of benzene rings is 1. The van der Waals surface area contributed by atoms with Crippen LogP contribution in [0.25, 0.3) is 11.3 Å². The van der Waals surface area contributed by atoms with Gasteiger partial charge in [-0.2, -0.15) is 5.10 Å². The molecule has 3 N–H and O–H groups in total. The summed E-state index contributed by atoms with van der Waals surface area (Å²) in [4.78, 5) is 14.0. The van der Waals surface area contributed by atoms with Gasteiger partial charge in [0.15, 0.2) is 0 Å². The van der Waals surface area contributed by atoms with Gasteiger partial charge >= 0.3 is 0 Å². The lowest BCUT2D eigenvalue weighted by molar-refractivity contribution is 0.0363. The van der Waals surface area contributed by atoms with Crippen LogP contribution < -0.4 is 0 Å². The molecule has 1 amide bonds. The van der Waals surface area contributed by atoms with Crippen molar-refractivity contribution >= 4 is 5.91 Å². The summed E-state index contributed by atoms with van der Waals surface area (Å²) in [5.74, 6) is -0.231. The Morgan fingerprint density at radius 1 is 1.21 bits per heavy atom. The van der Waals surface area contributed by atoms with Gasteiger partial charge in [0, 0.05) is 24.6 Å². The van der Waals surface area contributed by atoms with Gasteiger partial charge in [0.05, 0.1) is 18.9 Å². The second kappa shape index (κ2) is 7.15. The molecule has 1 heterocycles. The molecular weight excluding hydrogens is 306 g/mol. The first-order valence-electron chi connectivity index (χ1n) is 7.90. The van der Waals surface area contributed by atoms with Gasteiger partial charge in [0.1, 0.15) is 5.69 Å². The summed E-state index contributed by atoms with van der Waals surface area (Å²) in [5.41, 5.74) is 3.68. The van der Waals surface area contributed by atoms with Crippen molar-refractivity contribution < 1.29 is 15.0 Å². The number of aryl methyl sites for hydroxylation is 2. The Morgan fingerprint density at radius 3 is 2.46 bits per heavy atom. The molecule has 2 aromatic rings. The molecule has 0 bridgehead atoms. The number of nitrogens with zero attached hydrogens (tertiary/aromatic N) is 2. The lowest BCUT2D eigenvalue weighted by Crippen LogP contribution is -2.41. The van der Waals surface area contributed by atoms with Gasteiger partial charge in [-0.3, -0.25) is 9.89 Å². The largest absolute Gasteiger partial charge is 0.396 e. The van der Waals surface area contributed by atoms with Crippen molar-refractivity contribution in [2.75, 3.05) is 26.8 Å². The van der Waals surface area contributed by atoms with Crippen LogP contribution in [-0.2, 0) is 0 Å². The summed E-state index contributed by atoms with van der Waals surface area (Å²) in [6, 6.07) is 7.77. The number of hydrogen-bond donors (Lipinski definition) is 3. The third kappa shape index (κ3) is 3.83. The Hall–Kier alpha value is -2.18. The van der Waals surface area contributed by atoms with Crippen LogP contribution in [0.1, 0.15) is 28.5 Å². The number of H-pyrrole nitrogens is 1. The van der Waals surface area contributed by atoms with Crippen LogP contribution in [0.2, 0.25) is 0 Å². The molecule has 24 heavy (non-hydrogen) atoms. The van der Waals surface area contributed by atoms with Gasteiger partial charge in [-0.15, -0.1) is 0 Å². The van der Waals surface area contributed by atoms with Gasteiger partial charge in [0.25, 0.3) is 5.91 Å². The molecule has 2 rings (SSSR count). The normalized spacial score (nSPS) is 11.6. The molecule has 0 radical (unpaired) electrons. The number of carbonyl (C=O) groups excluding carboxylic acids is 1. The number of aliphatic hydroxyl groups is 2. The maximum absolute atomic E-state index is 12.5. The van der Waals surface area contributed by atoms with Gasteiger partial charge < -0.3 is 15.1 Å². The Labute approximate surface area is 142 Å². The number of aromatic nitrogens is 2. The lowest BCUT2D eigenvalue weighted by atomic mass is 9.92. The number of aromatic amines is 1. The van der Waals surface area contributed by atoms with E-state index >= 15 is 0 Å². The first-order chi connectivity index (χ1) is 11.3. The minimum absolute atomic E-state index is 0.196. The minimum atomic E-state index is -0.735. The summed E-state index contributed by atoms with van der Waals surface area (Å²) < 4.78 is 0. The molecule has 0 unspecified atom stereocenters. The van der Waals surface area contributed by atoms with Crippen molar-refractivity contribution in [3.05, 3.63) is 41.1 Å². The smallest absolute Gasteiger partial charge is 0.271 e. The maximum Gasteiger partial charge on any atom is 0.271 e. The summed E-state index contributed by atoms with van der Waals surface area (Å²) in [5, 5.41) is 25.7. The van der Waals surface area contributed by atoms with E-state index in [9.17, 15) is 15.0 Å². The van der Waals surface area contributed by atoms with E-state index in [1.165, 1.54) is 16.0 Å². The SMILES string of the molecule is Cc1ccc(-c2cc(C(=O)N(C)CC(C)(CO)CO)[nH]n2)cc1C. The van der Waals surface area contributed by atoms with Crippen LogP contribution in [0.4, 0.5) is 0 Å². The quantitative estimate of drug-likeness (QED) is 0.752. The second-order valence-corrected chi connectivity index (χ2v) is 6.75. The molecule has 0 fully saturated rings. The summed E-state index contributed by atoms with van der Waals surface area (Å²) >= 11 is 0. The van der Waals surface area contributed by atoms with Crippen LogP contribution in [0.5, 0.6) is 0 Å². The molecule has 0 aliphatic carbocycles. The zero-order chi connectivity index (χ0) is 17.9. The summed E-state index contributed by atoms with van der Waals surface area (Å²) in [7, 11) is 1.64. The average molecular weight is 331 g/mol. The zero-order valence-electron chi connectivity index (χ0n) is 14.6. The number of hydrogen-bond acceptors (Lipinski definition) is 4. The number of nitrogens with one attached hydrogen (secondary N) is 1. The van der Waals surface area contributed by atoms with E-state index in [0.717, 1.165) is 5.56 Å². The maximum atomic E-state index is 12.5. The third-order valence-electron chi connectivity index (χ3n) is 4.34. The van der Waals surface area contributed by atoms with Crippen molar-refractivity contribution in [3.63, 3.8) is 0 Å². The monoisotopic (exact) mass is 331 g/mol. The standard InChI is InChI=1S/C18H25N3O3/c1-12-5-6-14(7-13(12)2)15-8-16(20-19-15)17(24)21(4)9-18(3,10-22)11-23/h5-8,22-23H,9-11H2,1-4H3,(H,19,20). The van der Waals surface area contributed by atoms with Crippen LogP contribution in [0, 0.1) is 19.3 Å². The zero-order valence-corrected chi connectivity index (χ0v) is 14.6. The van der Waals surface area contributed by atoms with Gasteiger partial charge in [-0.25, -0.2) is 0 Å². The van der Waals surface area contributed by atoms with E-state index in [1.807, 2.05) is 32.0 Å². The fraction of sp³-hybridized carbons (Fsp3) is 0.444. The van der Waals surface area contributed by atoms with Crippen LogP contribution in [0.15, 0.2) is 24.3 Å². The number of amides is 1. The molecule has 1 aromatic carbocycles. The molecule has 0 saturated heterocycles. The Balaban J connectivity index is 2.17. The van der Waals surface area contributed by atoms with E-state index in [4.69, 9.17) is 0 Å². The first kappa shape index (κ1) is 18.2. The average Bonchev–Trinajstić information content (AvgIpc) is 3.06. The van der Waals surface area contributed by atoms with Crippen molar-refractivity contribution in [2.45, 2.75) is 20.8 Å². The molecular formula is C18H25N3O3. The van der Waals surface area contributed by atoms with Gasteiger partial charge in [-0.1, -0.05) is 19.1 Å². The number of aliphatic hydroxyl groups excluding tert-OH is 2. The van der Waals surface area contributed by atoms with E-state index < -0.39 is 5.41 Å². The highest BCUT2D eigenvalue weighted by Gasteiger charge is 2.27. The molecule has 0 saturated carbocycles. The third-order valence-corrected chi connectivity index (χ3v) is 4.34. The topological polar surface area (TPSA) is 89.5 Å². The van der Waals surface area contributed by atoms with Crippen LogP contribution >= 0.6 is 0 Å².